The first kappa shape index (κ1) is 28.1. The summed E-state index contributed by atoms with van der Waals surface area (Å²) in [7, 11) is 0. The Hall–Kier alpha value is -5.97. The summed E-state index contributed by atoms with van der Waals surface area (Å²) < 4.78 is 0. The molecule has 6 aromatic carbocycles. The van der Waals surface area contributed by atoms with Crippen LogP contribution < -0.4 is 0 Å². The van der Waals surface area contributed by atoms with Crippen molar-refractivity contribution in [2.24, 2.45) is 11.8 Å². The van der Waals surface area contributed by atoms with Crippen molar-refractivity contribution in [3.05, 3.63) is 185 Å². The monoisotopic (exact) mass is 623 g/mol. The van der Waals surface area contributed by atoms with Crippen molar-refractivity contribution in [2.45, 2.75) is 19.3 Å². The van der Waals surface area contributed by atoms with Crippen LogP contribution in [-0.4, -0.2) is 0 Å². The third kappa shape index (κ3) is 3.86. The Kier molecular flexibility index (Phi) is 5.88. The lowest BCUT2D eigenvalue weighted by Gasteiger charge is -2.47. The van der Waals surface area contributed by atoms with Gasteiger partial charge in [0, 0.05) is 17.3 Å². The number of benzene rings is 6. The average Bonchev–Trinajstić information content (AvgIpc) is 3.49. The third-order valence-electron chi connectivity index (χ3n) is 11.5. The molecule has 2 atom stereocenters. The Balaban J connectivity index is 1.26. The van der Waals surface area contributed by atoms with Gasteiger partial charge in [-0.2, -0.15) is 5.26 Å². The second-order valence-electron chi connectivity index (χ2n) is 14.3. The van der Waals surface area contributed by atoms with Crippen LogP contribution >= 0.6 is 0 Å². The van der Waals surface area contributed by atoms with E-state index in [1.807, 2.05) is 12.1 Å². The molecule has 0 heterocycles. The summed E-state index contributed by atoms with van der Waals surface area (Å²) in [5.41, 5.74) is 19.4. The zero-order chi connectivity index (χ0) is 32.9. The summed E-state index contributed by atoms with van der Waals surface area (Å²) in [4.78, 5) is 0. The molecule has 1 nitrogen and oxygen atoms in total. The van der Waals surface area contributed by atoms with Crippen LogP contribution in [0.3, 0.4) is 0 Å². The van der Waals surface area contributed by atoms with Gasteiger partial charge in [-0.05, 0) is 101 Å². The van der Waals surface area contributed by atoms with Crippen LogP contribution in [0.2, 0.25) is 0 Å². The normalized spacial score (nSPS) is 19.0. The SMILES string of the molecule is CC1(C)C2=CC=C3c4c(c(-c5ccccc5)c5ccccc5c4-c4ccccc4)C4=CC=C(c5ccc(-c6ccc(C#N)cc6)cc51)C2C43. The van der Waals surface area contributed by atoms with Crippen LogP contribution in [0, 0.1) is 23.2 Å². The molecule has 0 aliphatic heterocycles. The molecule has 4 aliphatic carbocycles. The third-order valence-corrected chi connectivity index (χ3v) is 11.5. The number of nitriles is 1. The quantitative estimate of drug-likeness (QED) is 0.192. The molecular formula is C48H33N. The standard InChI is InChI=1S/C48H33N/c1-48(2)40-26-25-39-44-38(24-23-37(45(40)44)34-22-21-33(27-41(34)48)30-19-17-29(28-49)18-20-30)46-42(31-11-5-3-6-12-31)35-15-9-10-16-36(35)43(47(39)46)32-13-7-4-8-14-32/h3-27,44-45H,1-2H3. The Bertz CT molecular complexity index is 2550. The first-order valence-corrected chi connectivity index (χ1v) is 17.2. The molecular weight excluding hydrogens is 591 g/mol. The molecule has 0 amide bonds. The summed E-state index contributed by atoms with van der Waals surface area (Å²) in [5.74, 6) is 0.522. The van der Waals surface area contributed by atoms with E-state index in [0.717, 1.165) is 5.56 Å². The van der Waals surface area contributed by atoms with Crippen molar-refractivity contribution in [3.63, 3.8) is 0 Å². The molecule has 0 saturated carbocycles. The Morgan fingerprint density at radius 3 is 1.61 bits per heavy atom. The summed E-state index contributed by atoms with van der Waals surface area (Å²) in [6.07, 6.45) is 9.81. The molecule has 4 aliphatic rings. The number of nitrogens with zero attached hydrogens (tertiary/aromatic N) is 1. The molecule has 10 rings (SSSR count). The predicted octanol–water partition coefficient (Wildman–Crippen LogP) is 12.1. The lowest BCUT2D eigenvalue weighted by atomic mass is 9.55. The topological polar surface area (TPSA) is 23.8 Å². The molecule has 49 heavy (non-hydrogen) atoms. The fraction of sp³-hybridized carbons (Fsp3) is 0.104. The van der Waals surface area contributed by atoms with E-state index in [-0.39, 0.29) is 17.3 Å². The van der Waals surface area contributed by atoms with E-state index in [9.17, 15) is 5.26 Å². The summed E-state index contributed by atoms with van der Waals surface area (Å²) in [6.45, 7) is 4.82. The van der Waals surface area contributed by atoms with Gasteiger partial charge < -0.3 is 0 Å². The molecule has 1 heteroatoms. The maximum atomic E-state index is 9.34. The van der Waals surface area contributed by atoms with Gasteiger partial charge in [0.2, 0.25) is 0 Å². The first-order valence-electron chi connectivity index (χ1n) is 17.2. The maximum absolute atomic E-state index is 9.34. The number of allylic oxidation sites excluding steroid dienone is 8. The number of hydrogen-bond acceptors (Lipinski definition) is 1. The van der Waals surface area contributed by atoms with E-state index in [1.54, 1.807) is 0 Å². The molecule has 6 aromatic rings. The van der Waals surface area contributed by atoms with E-state index in [4.69, 9.17) is 0 Å². The van der Waals surface area contributed by atoms with E-state index in [1.165, 1.54) is 83.1 Å². The highest BCUT2D eigenvalue weighted by Crippen LogP contribution is 2.66. The highest BCUT2D eigenvalue weighted by atomic mass is 14.5. The van der Waals surface area contributed by atoms with E-state index in [0.29, 0.717) is 5.56 Å². The van der Waals surface area contributed by atoms with Crippen LogP contribution in [0.25, 0.3) is 60.9 Å². The van der Waals surface area contributed by atoms with Gasteiger partial charge in [-0.3, -0.25) is 0 Å². The minimum absolute atomic E-state index is 0.158. The number of rotatable bonds is 3. The van der Waals surface area contributed by atoms with Crippen LogP contribution in [0.1, 0.15) is 41.7 Å². The van der Waals surface area contributed by atoms with Gasteiger partial charge in [0.1, 0.15) is 0 Å². The fourth-order valence-corrected chi connectivity index (χ4v) is 9.37. The predicted molar refractivity (Wildman–Crippen MR) is 203 cm³/mol. The summed E-state index contributed by atoms with van der Waals surface area (Å²) in [6, 6.07) is 48.3. The Morgan fingerprint density at radius 1 is 0.490 bits per heavy atom. The number of hydrogen-bond donors (Lipinski definition) is 0. The molecule has 2 unspecified atom stereocenters. The van der Waals surface area contributed by atoms with Gasteiger partial charge in [0.05, 0.1) is 11.6 Å². The zero-order valence-corrected chi connectivity index (χ0v) is 27.5. The van der Waals surface area contributed by atoms with Crippen LogP contribution in [0.4, 0.5) is 0 Å². The highest BCUT2D eigenvalue weighted by molar-refractivity contribution is 6.19. The second-order valence-corrected chi connectivity index (χ2v) is 14.3. The lowest BCUT2D eigenvalue weighted by molar-refractivity contribution is 0.503. The molecule has 0 N–H and O–H groups in total. The summed E-state index contributed by atoms with van der Waals surface area (Å²) in [5, 5.41) is 12.0. The van der Waals surface area contributed by atoms with Crippen LogP contribution in [0.15, 0.2) is 157 Å². The second kappa shape index (κ2) is 10.3. The van der Waals surface area contributed by atoms with Crippen LogP contribution in [-0.2, 0) is 5.41 Å². The Morgan fingerprint density at radius 2 is 1.02 bits per heavy atom. The molecule has 0 radical (unpaired) electrons. The smallest absolute Gasteiger partial charge is 0.0991 e. The van der Waals surface area contributed by atoms with E-state index in [2.05, 4.69) is 159 Å². The van der Waals surface area contributed by atoms with Gasteiger partial charge >= 0.3 is 0 Å². The molecule has 230 valence electrons. The average molecular weight is 624 g/mol. The number of fused-ring (bicyclic) bond motifs is 6. The molecule has 0 fully saturated rings. The minimum Gasteiger partial charge on any atom is -0.192 e. The van der Waals surface area contributed by atoms with Crippen LogP contribution in [0.5, 0.6) is 0 Å². The van der Waals surface area contributed by atoms with Gasteiger partial charge in [-0.25, -0.2) is 0 Å². The molecule has 0 bridgehead atoms. The Labute approximate surface area is 287 Å². The molecule has 0 aromatic heterocycles. The van der Waals surface area contributed by atoms with E-state index < -0.39 is 0 Å². The van der Waals surface area contributed by atoms with E-state index >= 15 is 0 Å². The van der Waals surface area contributed by atoms with Gasteiger partial charge in [0.25, 0.3) is 0 Å². The lowest BCUT2D eigenvalue weighted by Crippen LogP contribution is -2.37. The largest absolute Gasteiger partial charge is 0.192 e. The van der Waals surface area contributed by atoms with Crippen molar-refractivity contribution in [2.75, 3.05) is 0 Å². The molecule has 0 saturated heterocycles. The first-order chi connectivity index (χ1) is 24.0. The molecule has 0 spiro atoms. The van der Waals surface area contributed by atoms with Crippen molar-refractivity contribution < 1.29 is 0 Å². The van der Waals surface area contributed by atoms with Crippen molar-refractivity contribution >= 4 is 27.5 Å². The maximum Gasteiger partial charge on any atom is 0.0991 e. The van der Waals surface area contributed by atoms with Crippen molar-refractivity contribution in [1.29, 1.82) is 5.26 Å². The van der Waals surface area contributed by atoms with Crippen molar-refractivity contribution in [1.82, 2.24) is 0 Å². The van der Waals surface area contributed by atoms with Gasteiger partial charge in [0.15, 0.2) is 0 Å². The van der Waals surface area contributed by atoms with Gasteiger partial charge in [-0.15, -0.1) is 0 Å². The summed E-state index contributed by atoms with van der Waals surface area (Å²) >= 11 is 0. The fourth-order valence-electron chi connectivity index (χ4n) is 9.37. The zero-order valence-electron chi connectivity index (χ0n) is 27.5. The minimum atomic E-state index is -0.158. The van der Waals surface area contributed by atoms with Gasteiger partial charge in [-0.1, -0.05) is 153 Å². The van der Waals surface area contributed by atoms with Crippen molar-refractivity contribution in [3.8, 4) is 39.4 Å². The highest BCUT2D eigenvalue weighted by Gasteiger charge is 2.51.